The number of ether oxygens (including phenoxy) is 1. The van der Waals surface area contributed by atoms with Crippen LogP contribution in [0.4, 0.5) is 0 Å². The average molecular weight is 344 g/mol. The van der Waals surface area contributed by atoms with Gasteiger partial charge < -0.3 is 25.2 Å². The largest absolute Gasteiger partial charge is 0.481 e. The first-order valence-corrected chi connectivity index (χ1v) is 9.03. The molecule has 24 heavy (non-hydrogen) atoms. The highest BCUT2D eigenvalue weighted by atomic mass is 16.5. The molecule has 6 heteroatoms. The van der Waals surface area contributed by atoms with Crippen LogP contribution in [0.1, 0.15) is 64.7 Å². The zero-order valence-corrected chi connectivity index (χ0v) is 14.5. The summed E-state index contributed by atoms with van der Waals surface area (Å²) in [7, 11) is 0. The van der Waals surface area contributed by atoms with E-state index >= 15 is 0 Å². The lowest BCUT2D eigenvalue weighted by molar-refractivity contribution is -0.137. The van der Waals surface area contributed by atoms with Crippen LogP contribution in [-0.4, -0.2) is 56.9 Å². The van der Waals surface area contributed by atoms with E-state index in [9.17, 15) is 20.1 Å². The molecule has 1 aliphatic heterocycles. The monoisotopic (exact) mass is 344 g/mol. The van der Waals surface area contributed by atoms with Crippen molar-refractivity contribution < 1.29 is 30.0 Å². The predicted octanol–water partition coefficient (Wildman–Crippen LogP) is 2.01. The first-order valence-electron chi connectivity index (χ1n) is 9.03. The van der Waals surface area contributed by atoms with Crippen LogP contribution in [-0.2, 0) is 9.53 Å². The molecule has 0 saturated carbocycles. The van der Waals surface area contributed by atoms with Crippen molar-refractivity contribution in [1.29, 1.82) is 0 Å². The molecule has 1 heterocycles. The standard InChI is InChI=1S/C18H32O6/c1-2-13(19)10-11-16-15(21)12-17(24-16)14(20)8-6-4-3-5-7-9-18(22)23/h10-11,13-17,19-21H,2-9,12H2,1H3,(H,22,23)/b11-10+/t13-,14+,15+,16-,17-/m0/s1. The number of carbonyl (C=O) groups is 1. The number of aliphatic hydroxyl groups is 3. The highest BCUT2D eigenvalue weighted by Gasteiger charge is 2.36. The van der Waals surface area contributed by atoms with E-state index in [4.69, 9.17) is 9.84 Å². The van der Waals surface area contributed by atoms with Gasteiger partial charge >= 0.3 is 5.97 Å². The second kappa shape index (κ2) is 11.6. The number of carboxylic acids is 1. The summed E-state index contributed by atoms with van der Waals surface area (Å²) in [6.45, 7) is 1.87. The SMILES string of the molecule is CC[C@H](O)/C=C/[C@@H]1O[C@H]([C@H](O)CCCCCCCC(=O)O)C[C@H]1O. The predicted molar refractivity (Wildman–Crippen MR) is 90.7 cm³/mol. The summed E-state index contributed by atoms with van der Waals surface area (Å²) in [6.07, 6.45) is 6.89. The van der Waals surface area contributed by atoms with Crippen LogP contribution < -0.4 is 0 Å². The van der Waals surface area contributed by atoms with Crippen LogP contribution in [0, 0.1) is 0 Å². The molecule has 1 aliphatic rings. The molecular formula is C18H32O6. The number of aliphatic hydroxyl groups excluding tert-OH is 3. The quantitative estimate of drug-likeness (QED) is 0.319. The number of aliphatic carboxylic acids is 1. The van der Waals surface area contributed by atoms with Gasteiger partial charge in [0.05, 0.1) is 24.4 Å². The third kappa shape index (κ3) is 8.24. The highest BCUT2D eigenvalue weighted by Crippen LogP contribution is 2.26. The molecular weight excluding hydrogens is 312 g/mol. The van der Waals surface area contributed by atoms with Crippen molar-refractivity contribution in [1.82, 2.24) is 0 Å². The topological polar surface area (TPSA) is 107 Å². The Morgan fingerprint density at radius 2 is 1.88 bits per heavy atom. The molecule has 0 aliphatic carbocycles. The summed E-state index contributed by atoms with van der Waals surface area (Å²) < 4.78 is 5.69. The molecule has 0 aromatic rings. The zero-order valence-electron chi connectivity index (χ0n) is 14.5. The lowest BCUT2D eigenvalue weighted by Crippen LogP contribution is -2.26. The van der Waals surface area contributed by atoms with E-state index in [0.29, 0.717) is 25.7 Å². The summed E-state index contributed by atoms with van der Waals surface area (Å²) in [4.78, 5) is 10.4. The van der Waals surface area contributed by atoms with Crippen LogP contribution in [0.25, 0.3) is 0 Å². The van der Waals surface area contributed by atoms with Gasteiger partial charge in [0.15, 0.2) is 0 Å². The minimum atomic E-state index is -0.752. The maximum Gasteiger partial charge on any atom is 0.303 e. The van der Waals surface area contributed by atoms with Gasteiger partial charge in [-0.3, -0.25) is 4.79 Å². The van der Waals surface area contributed by atoms with E-state index in [1.165, 1.54) is 0 Å². The molecule has 0 radical (unpaired) electrons. The van der Waals surface area contributed by atoms with Gasteiger partial charge in [-0.15, -0.1) is 0 Å². The maximum absolute atomic E-state index is 10.4. The third-order valence-corrected chi connectivity index (χ3v) is 4.45. The Morgan fingerprint density at radius 3 is 2.54 bits per heavy atom. The van der Waals surface area contributed by atoms with Crippen molar-refractivity contribution in [2.24, 2.45) is 0 Å². The fourth-order valence-corrected chi connectivity index (χ4v) is 2.86. The van der Waals surface area contributed by atoms with Gasteiger partial charge in [-0.2, -0.15) is 0 Å². The average Bonchev–Trinajstić information content (AvgIpc) is 2.92. The molecule has 0 spiro atoms. The van der Waals surface area contributed by atoms with Gasteiger partial charge in [0.1, 0.15) is 6.10 Å². The van der Waals surface area contributed by atoms with Crippen molar-refractivity contribution in [2.75, 3.05) is 0 Å². The Labute approximate surface area is 144 Å². The zero-order chi connectivity index (χ0) is 17.9. The minimum absolute atomic E-state index is 0.220. The van der Waals surface area contributed by atoms with E-state index in [2.05, 4.69) is 0 Å². The van der Waals surface area contributed by atoms with Crippen LogP contribution in [0.15, 0.2) is 12.2 Å². The summed E-state index contributed by atoms with van der Waals surface area (Å²) in [5.41, 5.74) is 0. The van der Waals surface area contributed by atoms with E-state index < -0.39 is 30.4 Å². The van der Waals surface area contributed by atoms with Gasteiger partial charge in [-0.25, -0.2) is 0 Å². The first kappa shape index (κ1) is 21.1. The van der Waals surface area contributed by atoms with E-state index in [-0.39, 0.29) is 12.5 Å². The van der Waals surface area contributed by atoms with Crippen LogP contribution in [0.2, 0.25) is 0 Å². The van der Waals surface area contributed by atoms with Crippen LogP contribution in [0.5, 0.6) is 0 Å². The molecule has 0 unspecified atom stereocenters. The molecule has 0 amide bonds. The lowest BCUT2D eigenvalue weighted by atomic mass is 10.0. The normalized spacial score (nSPS) is 26.8. The molecule has 140 valence electrons. The van der Waals surface area contributed by atoms with E-state index in [1.54, 1.807) is 12.2 Å². The smallest absolute Gasteiger partial charge is 0.303 e. The summed E-state index contributed by atoms with van der Waals surface area (Å²) in [5.74, 6) is -0.752. The molecule has 0 bridgehead atoms. The second-order valence-electron chi connectivity index (χ2n) is 6.57. The number of hydrogen-bond acceptors (Lipinski definition) is 5. The van der Waals surface area contributed by atoms with Crippen molar-refractivity contribution in [3.8, 4) is 0 Å². The molecule has 4 N–H and O–H groups in total. The van der Waals surface area contributed by atoms with Gasteiger partial charge in [-0.05, 0) is 19.3 Å². The first-order chi connectivity index (χ1) is 11.4. The van der Waals surface area contributed by atoms with E-state index in [1.807, 2.05) is 6.92 Å². The number of carboxylic acid groups (broad SMARTS) is 1. The molecule has 0 aromatic heterocycles. The molecule has 6 nitrogen and oxygen atoms in total. The number of unbranched alkanes of at least 4 members (excludes halogenated alkanes) is 4. The molecule has 1 saturated heterocycles. The van der Waals surface area contributed by atoms with Crippen LogP contribution >= 0.6 is 0 Å². The Bertz CT molecular complexity index is 384. The molecule has 1 rings (SSSR count). The van der Waals surface area contributed by atoms with Crippen molar-refractivity contribution in [3.63, 3.8) is 0 Å². The third-order valence-electron chi connectivity index (χ3n) is 4.45. The Morgan fingerprint density at radius 1 is 1.21 bits per heavy atom. The van der Waals surface area contributed by atoms with Gasteiger partial charge in [0.2, 0.25) is 0 Å². The Balaban J connectivity index is 2.18. The summed E-state index contributed by atoms with van der Waals surface area (Å²) in [6, 6.07) is 0. The summed E-state index contributed by atoms with van der Waals surface area (Å²) >= 11 is 0. The van der Waals surface area contributed by atoms with Crippen LogP contribution in [0.3, 0.4) is 0 Å². The fourth-order valence-electron chi connectivity index (χ4n) is 2.86. The lowest BCUT2D eigenvalue weighted by Gasteiger charge is -2.18. The minimum Gasteiger partial charge on any atom is -0.481 e. The van der Waals surface area contributed by atoms with E-state index in [0.717, 1.165) is 25.7 Å². The van der Waals surface area contributed by atoms with Gasteiger partial charge in [0.25, 0.3) is 0 Å². The van der Waals surface area contributed by atoms with Crippen molar-refractivity contribution in [3.05, 3.63) is 12.2 Å². The van der Waals surface area contributed by atoms with Gasteiger partial charge in [0, 0.05) is 12.8 Å². The number of hydrogen-bond donors (Lipinski definition) is 4. The molecule has 1 fully saturated rings. The maximum atomic E-state index is 10.4. The van der Waals surface area contributed by atoms with Crippen molar-refractivity contribution in [2.45, 2.75) is 95.2 Å². The van der Waals surface area contributed by atoms with Crippen molar-refractivity contribution >= 4 is 5.97 Å². The second-order valence-corrected chi connectivity index (χ2v) is 6.57. The molecule has 5 atom stereocenters. The Hall–Kier alpha value is -0.950. The highest BCUT2D eigenvalue weighted by molar-refractivity contribution is 5.66. The Kier molecular flexibility index (Phi) is 10.2. The molecule has 0 aromatic carbocycles. The summed E-state index contributed by atoms with van der Waals surface area (Å²) in [5, 5.41) is 38.2. The number of rotatable bonds is 12. The van der Waals surface area contributed by atoms with Gasteiger partial charge in [-0.1, -0.05) is 44.8 Å². The fraction of sp³-hybridized carbons (Fsp3) is 0.833.